The number of piperidine rings is 1. The van der Waals surface area contributed by atoms with Crippen molar-refractivity contribution in [2.45, 2.75) is 50.2 Å². The van der Waals surface area contributed by atoms with Crippen molar-refractivity contribution in [3.05, 3.63) is 86.3 Å². The van der Waals surface area contributed by atoms with Crippen molar-refractivity contribution in [1.29, 1.82) is 0 Å². The molecule has 2 aliphatic heterocycles. The molecule has 3 aliphatic rings. The van der Waals surface area contributed by atoms with E-state index in [0.717, 1.165) is 23.8 Å². The number of hydrogen-bond acceptors (Lipinski definition) is 8. The van der Waals surface area contributed by atoms with Crippen LogP contribution >= 0.6 is 11.6 Å². The zero-order valence-electron chi connectivity index (χ0n) is 25.4. The van der Waals surface area contributed by atoms with Crippen LogP contribution in [0.5, 0.6) is 5.75 Å². The van der Waals surface area contributed by atoms with Gasteiger partial charge in [0.15, 0.2) is 11.5 Å². The number of likely N-dealkylation sites (tertiary alicyclic amines) is 1. The number of aromatic hydroxyl groups is 1. The molecule has 1 spiro atoms. The lowest BCUT2D eigenvalue weighted by atomic mass is 9.75. The lowest BCUT2D eigenvalue weighted by Gasteiger charge is -2.40. The van der Waals surface area contributed by atoms with E-state index < -0.39 is 34.5 Å². The van der Waals surface area contributed by atoms with E-state index in [1.54, 1.807) is 9.47 Å². The van der Waals surface area contributed by atoms with Crippen molar-refractivity contribution < 1.29 is 32.6 Å². The lowest BCUT2D eigenvalue weighted by Crippen LogP contribution is -2.50. The van der Waals surface area contributed by atoms with E-state index in [0.29, 0.717) is 68.9 Å². The number of nitrogens with zero attached hydrogens (tertiary/aromatic N) is 6. The summed E-state index contributed by atoms with van der Waals surface area (Å²) in [6, 6.07) is 5.56. The van der Waals surface area contributed by atoms with Gasteiger partial charge in [-0.25, -0.2) is 4.98 Å². The first-order valence-electron chi connectivity index (χ1n) is 15.4. The molecule has 0 bridgehead atoms. The molecule has 1 aromatic carbocycles. The maximum absolute atomic E-state index is 14.3. The molecule has 2 amide bonds. The number of halogens is 4. The number of nitrogens with one attached hydrogen (secondary N) is 1. The topological polar surface area (TPSA) is 144 Å². The molecule has 12 nitrogen and oxygen atoms in total. The molecule has 1 unspecified atom stereocenters. The van der Waals surface area contributed by atoms with Crippen LogP contribution in [0.1, 0.15) is 58.8 Å². The molecule has 250 valence electrons. The monoisotopic (exact) mass is 683 g/mol. The number of anilines is 1. The van der Waals surface area contributed by atoms with E-state index >= 15 is 0 Å². The van der Waals surface area contributed by atoms with Crippen LogP contribution in [0.4, 0.5) is 18.9 Å². The first-order chi connectivity index (χ1) is 22.9. The quantitative estimate of drug-likeness (QED) is 0.318. The molecule has 3 aromatic heterocycles. The highest BCUT2D eigenvalue weighted by Gasteiger charge is 2.47. The van der Waals surface area contributed by atoms with Gasteiger partial charge in [0.2, 0.25) is 11.7 Å². The summed E-state index contributed by atoms with van der Waals surface area (Å²) in [5.41, 5.74) is -0.423. The van der Waals surface area contributed by atoms with E-state index in [2.05, 4.69) is 20.4 Å². The number of alkyl halides is 3. The van der Waals surface area contributed by atoms with Crippen molar-refractivity contribution >= 4 is 40.5 Å². The Morgan fingerprint density at radius 3 is 2.73 bits per heavy atom. The predicted molar refractivity (Wildman–Crippen MR) is 167 cm³/mol. The summed E-state index contributed by atoms with van der Waals surface area (Å²) in [5, 5.41) is 17.2. The summed E-state index contributed by atoms with van der Waals surface area (Å²) >= 11 is 6.11. The molecule has 5 heterocycles. The number of ether oxygens (including phenoxy) is 1. The van der Waals surface area contributed by atoms with E-state index in [1.165, 1.54) is 22.8 Å². The molecule has 48 heavy (non-hydrogen) atoms. The highest BCUT2D eigenvalue weighted by atomic mass is 35.5. The Morgan fingerprint density at radius 1 is 1.17 bits per heavy atom. The van der Waals surface area contributed by atoms with E-state index in [-0.39, 0.29) is 41.0 Å². The number of aromatic nitrogens is 5. The van der Waals surface area contributed by atoms with Gasteiger partial charge in [0, 0.05) is 36.0 Å². The molecule has 2 N–H and O–H groups in total. The van der Waals surface area contributed by atoms with Crippen molar-refractivity contribution in [1.82, 2.24) is 29.0 Å². The van der Waals surface area contributed by atoms with Gasteiger partial charge < -0.3 is 24.6 Å². The van der Waals surface area contributed by atoms with Gasteiger partial charge in [0.05, 0.1) is 29.5 Å². The summed E-state index contributed by atoms with van der Waals surface area (Å²) in [4.78, 5) is 51.6. The van der Waals surface area contributed by atoms with Gasteiger partial charge in [-0.3, -0.25) is 14.4 Å². The molecule has 1 fully saturated rings. The second-order valence-electron chi connectivity index (χ2n) is 12.1. The normalized spacial score (nSPS) is 19.4. The number of rotatable bonds is 5. The van der Waals surface area contributed by atoms with Crippen LogP contribution < -0.4 is 10.9 Å². The van der Waals surface area contributed by atoms with Crippen LogP contribution in [0.2, 0.25) is 5.02 Å². The number of hydrogen-bond donors (Lipinski definition) is 2. The van der Waals surface area contributed by atoms with E-state index in [9.17, 15) is 32.7 Å². The van der Waals surface area contributed by atoms with Gasteiger partial charge in [-0.15, -0.1) is 5.10 Å². The summed E-state index contributed by atoms with van der Waals surface area (Å²) in [5.74, 6) is -0.849. The lowest BCUT2D eigenvalue weighted by molar-refractivity contribution is -0.137. The van der Waals surface area contributed by atoms with Gasteiger partial charge in [0.1, 0.15) is 12.3 Å². The number of amides is 2. The number of pyridine rings is 1. The third kappa shape index (κ3) is 5.60. The van der Waals surface area contributed by atoms with Gasteiger partial charge >= 0.3 is 6.18 Å². The summed E-state index contributed by atoms with van der Waals surface area (Å²) < 4.78 is 47.7. The van der Waals surface area contributed by atoms with Gasteiger partial charge in [0.25, 0.3) is 11.5 Å². The fourth-order valence-electron chi connectivity index (χ4n) is 6.96. The van der Waals surface area contributed by atoms with Gasteiger partial charge in [-0.1, -0.05) is 17.7 Å². The zero-order valence-corrected chi connectivity index (χ0v) is 26.1. The van der Waals surface area contributed by atoms with Gasteiger partial charge in [-0.2, -0.15) is 22.7 Å². The van der Waals surface area contributed by atoms with Crippen LogP contribution in [-0.2, 0) is 34.1 Å². The predicted octanol–water partition coefficient (Wildman–Crippen LogP) is 4.23. The van der Waals surface area contributed by atoms with Crippen LogP contribution in [0.3, 0.4) is 0 Å². The minimum absolute atomic E-state index is 0.00595. The molecule has 1 saturated heterocycles. The van der Waals surface area contributed by atoms with Crippen LogP contribution in [0, 0.1) is 0 Å². The van der Waals surface area contributed by atoms with Crippen molar-refractivity contribution in [2.75, 3.05) is 31.6 Å². The second kappa shape index (κ2) is 12.0. The maximum atomic E-state index is 14.3. The Bertz CT molecular complexity index is 2060. The first-order valence-corrected chi connectivity index (χ1v) is 15.7. The maximum Gasteiger partial charge on any atom is 0.416 e. The average molecular weight is 684 g/mol. The molecule has 0 saturated carbocycles. The number of carbonyl (C=O) groups excluding carboxylic acids is 2. The van der Waals surface area contributed by atoms with Crippen LogP contribution in [0.25, 0.3) is 11.4 Å². The van der Waals surface area contributed by atoms with E-state index in [4.69, 9.17) is 16.3 Å². The third-order valence-electron chi connectivity index (χ3n) is 9.20. The molecule has 7 rings (SSSR count). The smallest absolute Gasteiger partial charge is 0.416 e. The number of benzene rings is 1. The second-order valence-corrected chi connectivity index (χ2v) is 12.5. The number of fused-ring (bicyclic) bond motifs is 3. The Hall–Kier alpha value is -4.76. The largest absolute Gasteiger partial charge is 0.505 e. The van der Waals surface area contributed by atoms with Crippen LogP contribution in [-0.4, -0.2) is 72.3 Å². The standard InChI is InChI=1S/C32H29ClF3N7O5/c33-20-15-19(32(34,35)36)4-5-21(20)38-24(45)16-42-22-6-10-31(9-2-12-41(17-31)29(47)26-23(44)3-1-11-37-26)25(22)28(46)43-30(42)39-27(40-43)18-7-13-48-14-8-18/h1,3-5,7,11,15,44H,2,6,8-10,12-14,16-17H2,(H,38,45). The molecule has 16 heteroatoms. The third-order valence-corrected chi connectivity index (χ3v) is 9.51. The first kappa shape index (κ1) is 31.8. The Kier molecular flexibility index (Phi) is 7.98. The highest BCUT2D eigenvalue weighted by molar-refractivity contribution is 6.33. The fraction of sp³-hybridized carbons (Fsp3) is 0.375. The average Bonchev–Trinajstić information content (AvgIpc) is 3.67. The zero-order chi connectivity index (χ0) is 33.8. The molecular formula is C32H29ClF3N7O5. The number of carbonyl (C=O) groups is 2. The molecular weight excluding hydrogens is 655 g/mol. The Morgan fingerprint density at radius 2 is 2.00 bits per heavy atom. The highest BCUT2D eigenvalue weighted by Crippen LogP contribution is 2.44. The van der Waals surface area contributed by atoms with Crippen molar-refractivity contribution in [2.24, 2.45) is 0 Å². The summed E-state index contributed by atoms with van der Waals surface area (Å²) in [6.07, 6.45) is 1.25. The fourth-order valence-corrected chi connectivity index (χ4v) is 7.19. The van der Waals surface area contributed by atoms with Gasteiger partial charge in [-0.05, 0) is 68.0 Å². The Balaban J connectivity index is 1.29. The molecule has 1 atom stereocenters. The summed E-state index contributed by atoms with van der Waals surface area (Å²) in [6.45, 7) is 1.07. The van der Waals surface area contributed by atoms with Crippen molar-refractivity contribution in [3.63, 3.8) is 0 Å². The van der Waals surface area contributed by atoms with Crippen LogP contribution in [0.15, 0.2) is 47.4 Å². The SMILES string of the molecule is O=C(Cn1c2c(c(=O)n3nc(C4=CCOCC4)nc13)C1(CCCN(C(=O)c3ncccc3O)C1)CC2)Nc1ccc(C(F)(F)F)cc1Cl. The van der Waals surface area contributed by atoms with Crippen molar-refractivity contribution in [3.8, 4) is 5.75 Å². The molecule has 0 radical (unpaired) electrons. The minimum atomic E-state index is -4.60. The minimum Gasteiger partial charge on any atom is -0.505 e. The molecule has 1 aliphatic carbocycles. The Labute approximate surface area is 275 Å². The molecule has 4 aromatic rings. The van der Waals surface area contributed by atoms with E-state index in [1.807, 2.05) is 6.08 Å². The summed E-state index contributed by atoms with van der Waals surface area (Å²) in [7, 11) is 0.